The van der Waals surface area contributed by atoms with E-state index in [-0.39, 0.29) is 5.91 Å². The number of nitrogens with zero attached hydrogens (tertiary/aromatic N) is 1. The molecule has 17 heavy (non-hydrogen) atoms. The number of benzene rings is 1. The predicted molar refractivity (Wildman–Crippen MR) is 71.2 cm³/mol. The Balaban J connectivity index is 2.82. The Kier molecular flexibility index (Phi) is 5.16. The third kappa shape index (κ3) is 3.56. The van der Waals surface area contributed by atoms with Gasteiger partial charge in [0.2, 0.25) is 0 Å². The number of carbonyl (C=O) groups excluding carboxylic acids is 1. The summed E-state index contributed by atoms with van der Waals surface area (Å²) in [5.74, 6) is 0.101. The quantitative estimate of drug-likeness (QED) is 0.848. The summed E-state index contributed by atoms with van der Waals surface area (Å²) < 4.78 is 0. The second-order valence-electron chi connectivity index (χ2n) is 4.33. The molecule has 0 saturated heterocycles. The number of nitrogens with two attached hydrogens (primary N) is 1. The van der Waals surface area contributed by atoms with Gasteiger partial charge in [-0.15, -0.1) is 0 Å². The molecule has 0 fully saturated rings. The van der Waals surface area contributed by atoms with E-state index < -0.39 is 0 Å². The topological polar surface area (TPSA) is 46.3 Å². The number of carbonyl (C=O) groups is 1. The van der Waals surface area contributed by atoms with Crippen LogP contribution in [0.5, 0.6) is 0 Å². The number of aryl methyl sites for hydroxylation is 2. The van der Waals surface area contributed by atoms with E-state index in [9.17, 15) is 4.79 Å². The molecule has 3 nitrogen and oxygen atoms in total. The van der Waals surface area contributed by atoms with Gasteiger partial charge in [-0.05, 0) is 57.0 Å². The number of hydrogen-bond acceptors (Lipinski definition) is 2. The third-order valence-corrected chi connectivity index (χ3v) is 3.05. The van der Waals surface area contributed by atoms with E-state index in [1.165, 1.54) is 5.56 Å². The third-order valence-electron chi connectivity index (χ3n) is 3.05. The molecule has 1 aromatic carbocycles. The second kappa shape index (κ2) is 6.40. The maximum atomic E-state index is 12.2. The Bertz CT molecular complexity index is 388. The lowest BCUT2D eigenvalue weighted by Gasteiger charge is -2.21. The van der Waals surface area contributed by atoms with Gasteiger partial charge in [0.05, 0.1) is 0 Å². The van der Waals surface area contributed by atoms with Crippen LogP contribution in [-0.2, 0) is 0 Å². The Morgan fingerprint density at radius 1 is 1.29 bits per heavy atom. The zero-order chi connectivity index (χ0) is 12.8. The minimum Gasteiger partial charge on any atom is -0.339 e. The standard InChI is InChI=1S/C14H22N2O/c1-4-16(9-5-8-15)14(17)13-7-6-11(2)12(3)10-13/h6-7,10H,4-5,8-9,15H2,1-3H3. The maximum Gasteiger partial charge on any atom is 0.253 e. The summed E-state index contributed by atoms with van der Waals surface area (Å²) >= 11 is 0. The van der Waals surface area contributed by atoms with Gasteiger partial charge in [-0.3, -0.25) is 4.79 Å². The van der Waals surface area contributed by atoms with Crippen LogP contribution in [0.4, 0.5) is 0 Å². The van der Waals surface area contributed by atoms with Crippen LogP contribution in [0.2, 0.25) is 0 Å². The monoisotopic (exact) mass is 234 g/mol. The van der Waals surface area contributed by atoms with Crippen LogP contribution in [0.25, 0.3) is 0 Å². The van der Waals surface area contributed by atoms with E-state index in [2.05, 4.69) is 6.92 Å². The van der Waals surface area contributed by atoms with Crippen molar-refractivity contribution in [1.29, 1.82) is 0 Å². The molecule has 0 bridgehead atoms. The summed E-state index contributed by atoms with van der Waals surface area (Å²) in [5.41, 5.74) is 8.62. The highest BCUT2D eigenvalue weighted by Gasteiger charge is 2.13. The molecule has 0 aliphatic carbocycles. The van der Waals surface area contributed by atoms with Crippen LogP contribution in [0.1, 0.15) is 34.8 Å². The molecule has 0 saturated carbocycles. The molecule has 1 amide bonds. The molecule has 94 valence electrons. The van der Waals surface area contributed by atoms with Gasteiger partial charge < -0.3 is 10.6 Å². The van der Waals surface area contributed by atoms with Crippen molar-refractivity contribution in [1.82, 2.24) is 4.90 Å². The Morgan fingerprint density at radius 2 is 2.00 bits per heavy atom. The molecule has 1 rings (SSSR count). The number of amides is 1. The van der Waals surface area contributed by atoms with Gasteiger partial charge in [0.15, 0.2) is 0 Å². The first-order valence-electron chi connectivity index (χ1n) is 6.16. The summed E-state index contributed by atoms with van der Waals surface area (Å²) in [6.07, 6.45) is 0.852. The second-order valence-corrected chi connectivity index (χ2v) is 4.33. The van der Waals surface area contributed by atoms with Gasteiger partial charge in [0.25, 0.3) is 5.91 Å². The van der Waals surface area contributed by atoms with Crippen molar-refractivity contribution in [2.45, 2.75) is 27.2 Å². The SMILES string of the molecule is CCN(CCCN)C(=O)c1ccc(C)c(C)c1. The van der Waals surface area contributed by atoms with Crippen molar-refractivity contribution in [3.63, 3.8) is 0 Å². The average Bonchev–Trinajstić information content (AvgIpc) is 2.33. The van der Waals surface area contributed by atoms with Crippen LogP contribution >= 0.6 is 0 Å². The zero-order valence-electron chi connectivity index (χ0n) is 11.0. The number of rotatable bonds is 5. The van der Waals surface area contributed by atoms with Crippen molar-refractivity contribution in [3.05, 3.63) is 34.9 Å². The first-order chi connectivity index (χ1) is 8.10. The fraction of sp³-hybridized carbons (Fsp3) is 0.500. The van der Waals surface area contributed by atoms with Crippen molar-refractivity contribution in [2.75, 3.05) is 19.6 Å². The van der Waals surface area contributed by atoms with E-state index >= 15 is 0 Å². The fourth-order valence-electron chi connectivity index (χ4n) is 1.74. The van der Waals surface area contributed by atoms with E-state index in [0.717, 1.165) is 30.6 Å². The molecule has 2 N–H and O–H groups in total. The summed E-state index contributed by atoms with van der Waals surface area (Å²) in [5, 5.41) is 0. The van der Waals surface area contributed by atoms with Gasteiger partial charge in [0, 0.05) is 18.7 Å². The van der Waals surface area contributed by atoms with Gasteiger partial charge in [0.1, 0.15) is 0 Å². The largest absolute Gasteiger partial charge is 0.339 e. The smallest absolute Gasteiger partial charge is 0.253 e. The van der Waals surface area contributed by atoms with E-state index in [4.69, 9.17) is 5.73 Å². The molecule has 0 atom stereocenters. The van der Waals surface area contributed by atoms with Crippen molar-refractivity contribution in [3.8, 4) is 0 Å². The van der Waals surface area contributed by atoms with Crippen molar-refractivity contribution < 1.29 is 4.79 Å². The molecule has 3 heteroatoms. The molecule has 0 unspecified atom stereocenters. The molecular weight excluding hydrogens is 212 g/mol. The first-order valence-corrected chi connectivity index (χ1v) is 6.16. The van der Waals surface area contributed by atoms with Crippen LogP contribution in [-0.4, -0.2) is 30.4 Å². The molecule has 0 heterocycles. The summed E-state index contributed by atoms with van der Waals surface area (Å²) in [4.78, 5) is 14.1. The fourth-order valence-corrected chi connectivity index (χ4v) is 1.74. The first kappa shape index (κ1) is 13.7. The Hall–Kier alpha value is -1.35. The highest BCUT2D eigenvalue weighted by Crippen LogP contribution is 2.12. The average molecular weight is 234 g/mol. The van der Waals surface area contributed by atoms with Crippen molar-refractivity contribution >= 4 is 5.91 Å². The molecule has 0 spiro atoms. The molecule has 0 radical (unpaired) electrons. The van der Waals surface area contributed by atoms with E-state index in [1.54, 1.807) is 0 Å². The van der Waals surface area contributed by atoms with E-state index in [0.29, 0.717) is 6.54 Å². The van der Waals surface area contributed by atoms with Crippen LogP contribution in [0.3, 0.4) is 0 Å². The van der Waals surface area contributed by atoms with Crippen molar-refractivity contribution in [2.24, 2.45) is 5.73 Å². The predicted octanol–water partition coefficient (Wildman–Crippen LogP) is 2.11. The number of hydrogen-bond donors (Lipinski definition) is 1. The molecular formula is C14H22N2O. The minimum atomic E-state index is 0.101. The highest BCUT2D eigenvalue weighted by atomic mass is 16.2. The normalized spacial score (nSPS) is 10.4. The van der Waals surface area contributed by atoms with Crippen LogP contribution < -0.4 is 5.73 Å². The van der Waals surface area contributed by atoms with E-state index in [1.807, 2.05) is 36.9 Å². The molecule has 0 aromatic heterocycles. The lowest BCUT2D eigenvalue weighted by atomic mass is 10.1. The van der Waals surface area contributed by atoms with Gasteiger partial charge in [-0.1, -0.05) is 6.07 Å². The van der Waals surface area contributed by atoms with Crippen LogP contribution in [0, 0.1) is 13.8 Å². The summed E-state index contributed by atoms with van der Waals surface area (Å²) in [6, 6.07) is 5.86. The maximum absolute atomic E-state index is 12.2. The summed E-state index contributed by atoms with van der Waals surface area (Å²) in [6.45, 7) is 8.16. The zero-order valence-corrected chi connectivity index (χ0v) is 11.0. The van der Waals surface area contributed by atoms with Gasteiger partial charge in [-0.25, -0.2) is 0 Å². The molecule has 0 aliphatic heterocycles. The molecule has 1 aromatic rings. The van der Waals surface area contributed by atoms with Gasteiger partial charge >= 0.3 is 0 Å². The Morgan fingerprint density at radius 3 is 2.53 bits per heavy atom. The highest BCUT2D eigenvalue weighted by molar-refractivity contribution is 5.94. The lowest BCUT2D eigenvalue weighted by molar-refractivity contribution is 0.0763. The minimum absolute atomic E-state index is 0.101. The van der Waals surface area contributed by atoms with Gasteiger partial charge in [-0.2, -0.15) is 0 Å². The molecule has 0 aliphatic rings. The lowest BCUT2D eigenvalue weighted by Crippen LogP contribution is -2.32. The van der Waals surface area contributed by atoms with Crippen LogP contribution in [0.15, 0.2) is 18.2 Å². The summed E-state index contributed by atoms with van der Waals surface area (Å²) in [7, 11) is 0. The Labute approximate surface area is 104 Å².